The fraction of sp³-hybridized carbons (Fsp3) is 0.333. The summed E-state index contributed by atoms with van der Waals surface area (Å²) in [5.74, 6) is -3.37. The average molecular weight is 519 g/mol. The molecule has 0 heterocycles. The SMILES string of the molecule is CC(NC(=O)C(N)Cc1ccc(O)cc1)C(=O)NC(Cc1ccc(O)cc1)C(=O)NC(CS)C(=O)O. The van der Waals surface area contributed by atoms with E-state index in [1.165, 1.54) is 31.2 Å². The molecule has 2 aromatic rings. The van der Waals surface area contributed by atoms with Gasteiger partial charge in [0, 0.05) is 12.2 Å². The minimum atomic E-state index is -1.28. The van der Waals surface area contributed by atoms with Crippen LogP contribution in [-0.4, -0.2) is 68.9 Å². The van der Waals surface area contributed by atoms with Crippen LogP contribution in [0, 0.1) is 0 Å². The molecule has 0 aromatic heterocycles. The number of thiol groups is 1. The number of carbonyl (C=O) groups is 4. The lowest BCUT2D eigenvalue weighted by Crippen LogP contribution is -2.57. The third-order valence-electron chi connectivity index (χ3n) is 5.29. The van der Waals surface area contributed by atoms with Crippen molar-refractivity contribution in [2.24, 2.45) is 5.73 Å². The minimum absolute atomic E-state index is 0.00219. The Bertz CT molecular complexity index is 1060. The second kappa shape index (κ2) is 13.4. The van der Waals surface area contributed by atoms with Gasteiger partial charge in [-0.1, -0.05) is 24.3 Å². The zero-order valence-electron chi connectivity index (χ0n) is 19.5. The Balaban J connectivity index is 2.05. The summed E-state index contributed by atoms with van der Waals surface area (Å²) in [5.41, 5.74) is 7.26. The van der Waals surface area contributed by atoms with Crippen molar-refractivity contribution < 1.29 is 34.5 Å². The number of carboxylic acids is 1. The van der Waals surface area contributed by atoms with Crippen molar-refractivity contribution in [2.75, 3.05) is 5.75 Å². The molecule has 0 aliphatic carbocycles. The molecule has 0 saturated heterocycles. The van der Waals surface area contributed by atoms with E-state index in [9.17, 15) is 34.5 Å². The van der Waals surface area contributed by atoms with Crippen LogP contribution < -0.4 is 21.7 Å². The lowest BCUT2D eigenvalue weighted by atomic mass is 10.0. The van der Waals surface area contributed by atoms with Gasteiger partial charge in [0.2, 0.25) is 17.7 Å². The van der Waals surface area contributed by atoms with Crippen molar-refractivity contribution in [3.05, 3.63) is 59.7 Å². The number of nitrogens with two attached hydrogens (primary N) is 1. The molecule has 0 bridgehead atoms. The summed E-state index contributed by atoms with van der Waals surface area (Å²) in [6, 6.07) is 7.67. The minimum Gasteiger partial charge on any atom is -0.508 e. The van der Waals surface area contributed by atoms with E-state index in [-0.39, 0.29) is 30.1 Å². The molecule has 0 radical (unpaired) electrons. The number of rotatable bonds is 12. The average Bonchev–Trinajstić information content (AvgIpc) is 2.84. The zero-order chi connectivity index (χ0) is 26.8. The maximum Gasteiger partial charge on any atom is 0.327 e. The highest BCUT2D eigenvalue weighted by atomic mass is 32.1. The number of benzene rings is 2. The highest BCUT2D eigenvalue weighted by Crippen LogP contribution is 2.13. The molecule has 12 heteroatoms. The molecule has 194 valence electrons. The molecule has 11 nitrogen and oxygen atoms in total. The van der Waals surface area contributed by atoms with Crippen LogP contribution in [0.25, 0.3) is 0 Å². The molecule has 2 aromatic carbocycles. The topological polar surface area (TPSA) is 191 Å². The van der Waals surface area contributed by atoms with Crippen molar-refractivity contribution in [2.45, 2.75) is 43.9 Å². The normalized spacial score (nSPS) is 14.1. The summed E-state index contributed by atoms with van der Waals surface area (Å²) in [4.78, 5) is 49.4. The Labute approximate surface area is 213 Å². The summed E-state index contributed by atoms with van der Waals surface area (Å²) in [7, 11) is 0. The van der Waals surface area contributed by atoms with Gasteiger partial charge in [0.05, 0.1) is 6.04 Å². The number of carboxylic acid groups (broad SMARTS) is 1. The van der Waals surface area contributed by atoms with Crippen LogP contribution in [0.3, 0.4) is 0 Å². The first kappa shape index (κ1) is 28.5. The Morgan fingerprint density at radius 3 is 1.72 bits per heavy atom. The summed E-state index contributed by atoms with van der Waals surface area (Å²) in [6.45, 7) is 1.42. The second-order valence-corrected chi connectivity index (χ2v) is 8.59. The summed E-state index contributed by atoms with van der Waals surface area (Å²) >= 11 is 3.93. The van der Waals surface area contributed by atoms with Gasteiger partial charge in [0.15, 0.2) is 0 Å². The van der Waals surface area contributed by atoms with E-state index < -0.39 is 47.9 Å². The predicted octanol–water partition coefficient (Wildman–Crippen LogP) is -0.301. The van der Waals surface area contributed by atoms with Gasteiger partial charge in [-0.3, -0.25) is 14.4 Å². The molecular formula is C24H30N4O7S. The van der Waals surface area contributed by atoms with Crippen LogP contribution in [0.1, 0.15) is 18.1 Å². The molecule has 2 rings (SSSR count). The van der Waals surface area contributed by atoms with Gasteiger partial charge in [-0.25, -0.2) is 4.79 Å². The first-order valence-corrected chi connectivity index (χ1v) is 11.7. The maximum atomic E-state index is 12.8. The Morgan fingerprint density at radius 1 is 0.778 bits per heavy atom. The lowest BCUT2D eigenvalue weighted by molar-refractivity contribution is -0.141. The van der Waals surface area contributed by atoms with Gasteiger partial charge in [0.1, 0.15) is 29.6 Å². The number of aromatic hydroxyl groups is 2. The molecule has 0 spiro atoms. The Morgan fingerprint density at radius 2 is 1.25 bits per heavy atom. The van der Waals surface area contributed by atoms with Gasteiger partial charge in [-0.05, 0) is 48.7 Å². The van der Waals surface area contributed by atoms with E-state index in [2.05, 4.69) is 28.6 Å². The van der Waals surface area contributed by atoms with Gasteiger partial charge >= 0.3 is 5.97 Å². The molecular weight excluding hydrogens is 488 g/mol. The first-order valence-electron chi connectivity index (χ1n) is 11.1. The number of phenols is 2. The van der Waals surface area contributed by atoms with E-state index >= 15 is 0 Å². The largest absolute Gasteiger partial charge is 0.508 e. The van der Waals surface area contributed by atoms with Crippen LogP contribution >= 0.6 is 12.6 Å². The van der Waals surface area contributed by atoms with Crippen molar-refractivity contribution >= 4 is 36.3 Å². The number of nitrogens with one attached hydrogen (secondary N) is 3. The molecule has 0 saturated carbocycles. The molecule has 8 N–H and O–H groups in total. The van der Waals surface area contributed by atoms with E-state index in [0.29, 0.717) is 5.56 Å². The smallest absolute Gasteiger partial charge is 0.327 e. The molecule has 3 amide bonds. The third-order valence-corrected chi connectivity index (χ3v) is 5.65. The van der Waals surface area contributed by atoms with Gasteiger partial charge in [0.25, 0.3) is 0 Å². The van der Waals surface area contributed by atoms with Crippen molar-refractivity contribution in [1.29, 1.82) is 0 Å². The highest BCUT2D eigenvalue weighted by Gasteiger charge is 2.28. The van der Waals surface area contributed by atoms with Crippen LogP contribution in [0.5, 0.6) is 11.5 Å². The molecule has 0 aliphatic rings. The van der Waals surface area contributed by atoms with Gasteiger partial charge in [-0.2, -0.15) is 12.6 Å². The summed E-state index contributed by atoms with van der Waals surface area (Å²) in [6.07, 6.45) is 0.171. The van der Waals surface area contributed by atoms with Crippen LogP contribution in [0.2, 0.25) is 0 Å². The molecule has 4 atom stereocenters. The fourth-order valence-electron chi connectivity index (χ4n) is 3.20. The van der Waals surface area contributed by atoms with Crippen molar-refractivity contribution in [3.8, 4) is 11.5 Å². The fourth-order valence-corrected chi connectivity index (χ4v) is 3.44. The monoisotopic (exact) mass is 518 g/mol. The Kier molecular flexibility index (Phi) is 10.6. The maximum absolute atomic E-state index is 12.8. The number of carbonyl (C=O) groups excluding carboxylic acids is 3. The standard InChI is InChI=1S/C24H30N4O7S/c1-13(26-22(32)18(25)10-14-2-6-16(29)7-3-14)21(31)27-19(11-15-4-8-17(30)9-5-15)23(33)28-20(12-36)24(34)35/h2-9,13,18-20,29-30,36H,10-12,25H2,1H3,(H,26,32)(H,27,31)(H,28,33)(H,34,35). The molecule has 0 aliphatic heterocycles. The Hall–Kier alpha value is -3.77. The van der Waals surface area contributed by atoms with Crippen LogP contribution in [0.15, 0.2) is 48.5 Å². The number of hydrogen-bond donors (Lipinski definition) is 8. The molecule has 36 heavy (non-hydrogen) atoms. The molecule has 4 unspecified atom stereocenters. The third kappa shape index (κ3) is 8.78. The first-order chi connectivity index (χ1) is 17.0. The number of amides is 3. The van der Waals surface area contributed by atoms with E-state index in [1.54, 1.807) is 24.3 Å². The van der Waals surface area contributed by atoms with Crippen LogP contribution in [-0.2, 0) is 32.0 Å². The van der Waals surface area contributed by atoms with Crippen LogP contribution in [0.4, 0.5) is 0 Å². The van der Waals surface area contributed by atoms with Crippen molar-refractivity contribution in [1.82, 2.24) is 16.0 Å². The van der Waals surface area contributed by atoms with Crippen molar-refractivity contribution in [3.63, 3.8) is 0 Å². The van der Waals surface area contributed by atoms with Gasteiger partial charge in [-0.15, -0.1) is 0 Å². The van der Waals surface area contributed by atoms with Gasteiger partial charge < -0.3 is 37.0 Å². The summed E-state index contributed by atoms with van der Waals surface area (Å²) in [5, 5.41) is 35.4. The van der Waals surface area contributed by atoms with E-state index in [1.807, 2.05) is 0 Å². The summed E-state index contributed by atoms with van der Waals surface area (Å²) < 4.78 is 0. The number of hydrogen-bond acceptors (Lipinski definition) is 8. The number of aliphatic carboxylic acids is 1. The van der Waals surface area contributed by atoms with E-state index in [4.69, 9.17) is 5.73 Å². The predicted molar refractivity (Wildman–Crippen MR) is 135 cm³/mol. The zero-order valence-corrected chi connectivity index (χ0v) is 20.4. The van der Waals surface area contributed by atoms with E-state index in [0.717, 1.165) is 5.56 Å². The quantitative estimate of drug-likeness (QED) is 0.176. The second-order valence-electron chi connectivity index (χ2n) is 8.22. The highest BCUT2D eigenvalue weighted by molar-refractivity contribution is 7.80. The molecule has 0 fully saturated rings. The number of phenolic OH excluding ortho intramolecular Hbond substituents is 2. The lowest BCUT2D eigenvalue weighted by Gasteiger charge is -2.23.